The lowest BCUT2D eigenvalue weighted by Gasteiger charge is -2.40. The summed E-state index contributed by atoms with van der Waals surface area (Å²) in [5.74, 6) is 0.895. The van der Waals surface area contributed by atoms with E-state index in [-0.39, 0.29) is 5.91 Å². The van der Waals surface area contributed by atoms with Gasteiger partial charge in [0.15, 0.2) is 0 Å². The molecule has 2 atom stereocenters. The summed E-state index contributed by atoms with van der Waals surface area (Å²) in [5.41, 5.74) is 0.946. The SMILES string of the molecule is CCCCC1CCCCC1N(CCC)C(=O)Cc1ccc(Cl)c(Cl)c1. The van der Waals surface area contributed by atoms with Crippen LogP contribution in [-0.4, -0.2) is 23.4 Å². The summed E-state index contributed by atoms with van der Waals surface area (Å²) in [4.78, 5) is 15.2. The van der Waals surface area contributed by atoms with E-state index in [0.717, 1.165) is 24.9 Å². The van der Waals surface area contributed by atoms with E-state index in [4.69, 9.17) is 23.2 Å². The van der Waals surface area contributed by atoms with Crippen molar-refractivity contribution in [2.45, 2.75) is 77.7 Å². The van der Waals surface area contributed by atoms with Crippen molar-refractivity contribution in [2.75, 3.05) is 6.54 Å². The number of unbranched alkanes of at least 4 members (excludes halogenated alkanes) is 1. The van der Waals surface area contributed by atoms with Crippen molar-refractivity contribution in [1.29, 1.82) is 0 Å². The van der Waals surface area contributed by atoms with Crippen molar-refractivity contribution in [2.24, 2.45) is 5.92 Å². The highest BCUT2D eigenvalue weighted by Crippen LogP contribution is 2.33. The van der Waals surface area contributed by atoms with Crippen LogP contribution < -0.4 is 0 Å². The Labute approximate surface area is 162 Å². The Morgan fingerprint density at radius 1 is 1.12 bits per heavy atom. The zero-order valence-corrected chi connectivity index (χ0v) is 17.1. The second-order valence-corrected chi connectivity index (χ2v) is 8.08. The van der Waals surface area contributed by atoms with Crippen molar-refractivity contribution < 1.29 is 4.79 Å². The molecule has 1 saturated carbocycles. The number of amides is 1. The van der Waals surface area contributed by atoms with Gasteiger partial charge in [-0.05, 0) is 49.3 Å². The largest absolute Gasteiger partial charge is 0.339 e. The predicted octanol–water partition coefficient (Wildman–Crippen LogP) is 6.52. The lowest BCUT2D eigenvalue weighted by atomic mass is 9.80. The normalized spacial score (nSPS) is 20.5. The number of halogens is 2. The Bertz CT molecular complexity index is 561. The standard InChI is InChI=1S/C21H31Cl2NO/c1-3-5-8-17-9-6-7-10-20(17)24(13-4-2)21(25)15-16-11-12-18(22)19(23)14-16/h11-12,14,17,20H,3-10,13,15H2,1-2H3. The molecule has 1 aliphatic rings. The molecule has 1 aromatic carbocycles. The van der Waals surface area contributed by atoms with Crippen molar-refractivity contribution in [3.63, 3.8) is 0 Å². The molecule has 0 aliphatic heterocycles. The molecule has 0 saturated heterocycles. The monoisotopic (exact) mass is 383 g/mol. The van der Waals surface area contributed by atoms with Gasteiger partial charge < -0.3 is 4.90 Å². The molecular weight excluding hydrogens is 353 g/mol. The van der Waals surface area contributed by atoms with E-state index in [0.29, 0.717) is 28.4 Å². The van der Waals surface area contributed by atoms with Crippen LogP contribution in [0.4, 0.5) is 0 Å². The van der Waals surface area contributed by atoms with Crippen LogP contribution in [-0.2, 0) is 11.2 Å². The first-order valence-corrected chi connectivity index (χ1v) is 10.6. The molecule has 0 radical (unpaired) electrons. The number of hydrogen-bond acceptors (Lipinski definition) is 1. The lowest BCUT2D eigenvalue weighted by Crippen LogP contribution is -2.47. The first kappa shape index (κ1) is 20.6. The first-order valence-electron chi connectivity index (χ1n) is 9.80. The zero-order chi connectivity index (χ0) is 18.2. The third kappa shape index (κ3) is 5.89. The number of carbonyl (C=O) groups is 1. The van der Waals surface area contributed by atoms with Gasteiger partial charge in [0.05, 0.1) is 16.5 Å². The summed E-state index contributed by atoms with van der Waals surface area (Å²) in [6.07, 6.45) is 10.1. The van der Waals surface area contributed by atoms with Gasteiger partial charge in [0.1, 0.15) is 0 Å². The Morgan fingerprint density at radius 3 is 2.56 bits per heavy atom. The minimum atomic E-state index is 0.230. The van der Waals surface area contributed by atoms with Crippen LogP contribution in [0.15, 0.2) is 18.2 Å². The fraction of sp³-hybridized carbons (Fsp3) is 0.667. The predicted molar refractivity (Wildman–Crippen MR) is 107 cm³/mol. The molecule has 140 valence electrons. The molecule has 0 heterocycles. The first-order chi connectivity index (χ1) is 12.1. The van der Waals surface area contributed by atoms with E-state index in [1.54, 1.807) is 6.07 Å². The van der Waals surface area contributed by atoms with Crippen LogP contribution in [0.5, 0.6) is 0 Å². The molecular formula is C21H31Cl2NO. The number of carbonyl (C=O) groups excluding carboxylic acids is 1. The van der Waals surface area contributed by atoms with Crippen molar-refractivity contribution in [3.8, 4) is 0 Å². The molecule has 0 N–H and O–H groups in total. The summed E-state index contributed by atoms with van der Waals surface area (Å²) in [5, 5.41) is 1.06. The highest BCUT2D eigenvalue weighted by Gasteiger charge is 2.31. The van der Waals surface area contributed by atoms with Gasteiger partial charge in [0, 0.05) is 12.6 Å². The van der Waals surface area contributed by atoms with Crippen LogP contribution in [0.3, 0.4) is 0 Å². The van der Waals surface area contributed by atoms with Crippen LogP contribution in [0.2, 0.25) is 10.0 Å². The maximum atomic E-state index is 13.1. The molecule has 2 rings (SSSR count). The Kier molecular flexibility index (Phi) is 8.58. The highest BCUT2D eigenvalue weighted by atomic mass is 35.5. The molecule has 1 amide bonds. The molecule has 1 aliphatic carbocycles. The van der Waals surface area contributed by atoms with Crippen molar-refractivity contribution in [3.05, 3.63) is 33.8 Å². The minimum absolute atomic E-state index is 0.230. The van der Waals surface area contributed by atoms with Gasteiger partial charge >= 0.3 is 0 Å². The average Bonchev–Trinajstić information content (AvgIpc) is 2.61. The number of nitrogens with zero attached hydrogens (tertiary/aromatic N) is 1. The van der Waals surface area contributed by atoms with E-state index >= 15 is 0 Å². The topological polar surface area (TPSA) is 20.3 Å². The summed E-state index contributed by atoms with van der Waals surface area (Å²) in [6, 6.07) is 5.92. The number of benzene rings is 1. The van der Waals surface area contributed by atoms with E-state index in [2.05, 4.69) is 18.7 Å². The maximum absolute atomic E-state index is 13.1. The molecule has 2 unspecified atom stereocenters. The highest BCUT2D eigenvalue weighted by molar-refractivity contribution is 6.42. The van der Waals surface area contributed by atoms with E-state index < -0.39 is 0 Å². The Hall–Kier alpha value is -0.730. The van der Waals surface area contributed by atoms with Gasteiger partial charge in [-0.15, -0.1) is 0 Å². The smallest absolute Gasteiger partial charge is 0.227 e. The third-order valence-corrected chi connectivity index (χ3v) is 6.06. The molecule has 0 bridgehead atoms. The maximum Gasteiger partial charge on any atom is 0.227 e. The van der Waals surface area contributed by atoms with Crippen molar-refractivity contribution in [1.82, 2.24) is 4.90 Å². The molecule has 4 heteroatoms. The van der Waals surface area contributed by atoms with Gasteiger partial charge in [0.25, 0.3) is 0 Å². The van der Waals surface area contributed by atoms with Crippen LogP contribution in [0.1, 0.15) is 70.8 Å². The molecule has 2 nitrogen and oxygen atoms in total. The summed E-state index contributed by atoms with van der Waals surface area (Å²) in [7, 11) is 0. The zero-order valence-electron chi connectivity index (χ0n) is 15.6. The van der Waals surface area contributed by atoms with Gasteiger partial charge in [-0.25, -0.2) is 0 Å². The average molecular weight is 384 g/mol. The van der Waals surface area contributed by atoms with Gasteiger partial charge in [-0.1, -0.05) is 68.8 Å². The third-order valence-electron chi connectivity index (χ3n) is 5.32. The Morgan fingerprint density at radius 2 is 1.88 bits per heavy atom. The van der Waals surface area contributed by atoms with Gasteiger partial charge in [-0.2, -0.15) is 0 Å². The number of hydrogen-bond donors (Lipinski definition) is 0. The fourth-order valence-corrected chi connectivity index (χ4v) is 4.36. The van der Waals surface area contributed by atoms with Crippen LogP contribution in [0, 0.1) is 5.92 Å². The quantitative estimate of drug-likeness (QED) is 0.499. The van der Waals surface area contributed by atoms with Crippen LogP contribution in [0.25, 0.3) is 0 Å². The van der Waals surface area contributed by atoms with E-state index in [1.165, 1.54) is 38.5 Å². The van der Waals surface area contributed by atoms with Crippen LogP contribution >= 0.6 is 23.2 Å². The molecule has 0 aromatic heterocycles. The molecule has 25 heavy (non-hydrogen) atoms. The molecule has 1 fully saturated rings. The molecule has 0 spiro atoms. The fourth-order valence-electron chi connectivity index (χ4n) is 4.04. The second-order valence-electron chi connectivity index (χ2n) is 7.27. The minimum Gasteiger partial charge on any atom is -0.339 e. The van der Waals surface area contributed by atoms with E-state index in [1.807, 2.05) is 12.1 Å². The second kappa shape index (κ2) is 10.4. The number of rotatable bonds is 8. The summed E-state index contributed by atoms with van der Waals surface area (Å²) >= 11 is 12.1. The summed E-state index contributed by atoms with van der Waals surface area (Å²) in [6.45, 7) is 5.26. The van der Waals surface area contributed by atoms with Gasteiger partial charge in [0.2, 0.25) is 5.91 Å². The van der Waals surface area contributed by atoms with Crippen molar-refractivity contribution >= 4 is 29.1 Å². The summed E-state index contributed by atoms with van der Waals surface area (Å²) < 4.78 is 0. The molecule has 1 aromatic rings. The van der Waals surface area contributed by atoms with Gasteiger partial charge in [-0.3, -0.25) is 4.79 Å². The Balaban J connectivity index is 2.10. The lowest BCUT2D eigenvalue weighted by molar-refractivity contribution is -0.135. The van der Waals surface area contributed by atoms with E-state index in [9.17, 15) is 4.79 Å².